The Morgan fingerprint density at radius 3 is 2.67 bits per heavy atom. The number of anilines is 3. The maximum atomic E-state index is 5.98. The van der Waals surface area contributed by atoms with Gasteiger partial charge in [0.2, 0.25) is 0 Å². The van der Waals surface area contributed by atoms with E-state index in [2.05, 4.69) is 27.9 Å². The molecule has 2 aromatic rings. The van der Waals surface area contributed by atoms with E-state index in [-0.39, 0.29) is 0 Å². The highest BCUT2D eigenvalue weighted by Gasteiger charge is 2.04. The maximum Gasteiger partial charge on any atom is 0.139 e. The molecule has 0 aliphatic heterocycles. The lowest BCUT2D eigenvalue weighted by molar-refractivity contribution is 0.415. The molecular weight excluding hydrogens is 363 g/mol. The zero-order valence-electron chi connectivity index (χ0n) is 9.71. The maximum absolute atomic E-state index is 5.98. The topological polar surface area (TPSA) is 47.3 Å². The molecule has 5 heteroatoms. The zero-order chi connectivity index (χ0) is 13.1. The van der Waals surface area contributed by atoms with Crippen LogP contribution in [-0.2, 0) is 0 Å². The van der Waals surface area contributed by atoms with E-state index in [4.69, 9.17) is 22.1 Å². The van der Waals surface area contributed by atoms with Crippen LogP contribution < -0.4 is 15.8 Å². The molecule has 0 amide bonds. The van der Waals surface area contributed by atoms with Crippen LogP contribution in [-0.4, -0.2) is 7.11 Å². The number of methoxy groups -OCH3 is 1. The first-order chi connectivity index (χ1) is 8.60. The highest BCUT2D eigenvalue weighted by Crippen LogP contribution is 2.30. The van der Waals surface area contributed by atoms with Crippen LogP contribution in [0.15, 0.2) is 36.4 Å². The molecule has 0 spiro atoms. The zero-order valence-corrected chi connectivity index (χ0v) is 12.6. The first kappa shape index (κ1) is 13.3. The van der Waals surface area contributed by atoms with Crippen LogP contribution in [0.5, 0.6) is 5.75 Å². The highest BCUT2D eigenvalue weighted by atomic mass is 127. The third kappa shape index (κ3) is 3.00. The number of nitrogens with one attached hydrogen (secondary N) is 1. The van der Waals surface area contributed by atoms with Crippen LogP contribution in [0.2, 0.25) is 5.02 Å². The second kappa shape index (κ2) is 5.67. The van der Waals surface area contributed by atoms with Crippen LogP contribution in [0, 0.1) is 3.57 Å². The van der Waals surface area contributed by atoms with E-state index in [1.165, 1.54) is 0 Å². The summed E-state index contributed by atoms with van der Waals surface area (Å²) in [6, 6.07) is 11.3. The van der Waals surface area contributed by atoms with Crippen LogP contribution in [0.3, 0.4) is 0 Å². The minimum absolute atomic E-state index is 0.593. The van der Waals surface area contributed by atoms with Gasteiger partial charge in [0.05, 0.1) is 17.8 Å². The Kier molecular flexibility index (Phi) is 4.19. The number of ether oxygens (including phenoxy) is 1. The number of nitrogen functional groups attached to an aromatic ring is 1. The van der Waals surface area contributed by atoms with E-state index < -0.39 is 0 Å². The van der Waals surface area contributed by atoms with Gasteiger partial charge in [0.15, 0.2) is 0 Å². The van der Waals surface area contributed by atoms with Crippen LogP contribution >= 0.6 is 34.2 Å². The first-order valence-corrected chi connectivity index (χ1v) is 6.71. The van der Waals surface area contributed by atoms with Crippen molar-refractivity contribution in [1.29, 1.82) is 0 Å². The molecule has 0 heterocycles. The van der Waals surface area contributed by atoms with Gasteiger partial charge in [-0.25, -0.2) is 0 Å². The molecular formula is C13H12ClIN2O. The van der Waals surface area contributed by atoms with Crippen LogP contribution in [0.4, 0.5) is 17.1 Å². The number of halogens is 2. The highest BCUT2D eigenvalue weighted by molar-refractivity contribution is 14.1. The van der Waals surface area contributed by atoms with Gasteiger partial charge in [-0.15, -0.1) is 0 Å². The molecule has 0 atom stereocenters. The second-order valence-corrected chi connectivity index (χ2v) is 5.28. The Hall–Kier alpha value is -1.14. The number of nitrogens with two attached hydrogens (primary N) is 1. The van der Waals surface area contributed by atoms with Crippen molar-refractivity contribution in [3.8, 4) is 5.75 Å². The fourth-order valence-electron chi connectivity index (χ4n) is 1.53. The molecule has 3 N–H and O–H groups in total. The molecule has 0 saturated heterocycles. The Bertz CT molecular complexity index is 575. The third-order valence-electron chi connectivity index (χ3n) is 2.42. The molecule has 0 fully saturated rings. The van der Waals surface area contributed by atoms with Crippen molar-refractivity contribution in [2.45, 2.75) is 0 Å². The van der Waals surface area contributed by atoms with E-state index in [9.17, 15) is 0 Å². The summed E-state index contributed by atoms with van der Waals surface area (Å²) in [5, 5.41) is 3.89. The summed E-state index contributed by atoms with van der Waals surface area (Å²) in [6.07, 6.45) is 0. The van der Waals surface area contributed by atoms with Crippen molar-refractivity contribution in [1.82, 2.24) is 0 Å². The fraction of sp³-hybridized carbons (Fsp3) is 0.0769. The molecule has 0 aromatic heterocycles. The summed E-state index contributed by atoms with van der Waals surface area (Å²) in [7, 11) is 1.60. The predicted molar refractivity (Wildman–Crippen MR) is 84.9 cm³/mol. The lowest BCUT2D eigenvalue weighted by Crippen LogP contribution is -1.95. The molecule has 2 rings (SSSR count). The average Bonchev–Trinajstić information content (AvgIpc) is 2.35. The van der Waals surface area contributed by atoms with E-state index in [1.807, 2.05) is 30.3 Å². The van der Waals surface area contributed by atoms with Gasteiger partial charge in [0.1, 0.15) is 5.75 Å². The number of rotatable bonds is 3. The predicted octanol–water partition coefficient (Wildman–Crippen LogP) is 4.28. The van der Waals surface area contributed by atoms with Crippen LogP contribution in [0.1, 0.15) is 0 Å². The summed E-state index contributed by atoms with van der Waals surface area (Å²) >= 11 is 8.22. The summed E-state index contributed by atoms with van der Waals surface area (Å²) < 4.78 is 6.24. The standard InChI is InChI=1S/C13H12ClIN2O/c1-18-13-7-9(3-4-10(13)14)17-12-5-2-8(16)6-11(12)15/h2-7,17H,16H2,1H3. The Morgan fingerprint density at radius 1 is 1.22 bits per heavy atom. The number of hydrogen-bond donors (Lipinski definition) is 2. The van der Waals surface area contributed by atoms with E-state index >= 15 is 0 Å². The van der Waals surface area contributed by atoms with Crippen LogP contribution in [0.25, 0.3) is 0 Å². The second-order valence-electron chi connectivity index (χ2n) is 3.71. The first-order valence-electron chi connectivity index (χ1n) is 5.26. The minimum atomic E-state index is 0.593. The Balaban J connectivity index is 2.28. The molecule has 0 saturated carbocycles. The van der Waals surface area contributed by atoms with Gasteiger partial charge < -0.3 is 15.8 Å². The quantitative estimate of drug-likeness (QED) is 0.623. The summed E-state index contributed by atoms with van der Waals surface area (Å²) in [5.41, 5.74) is 8.38. The van der Waals surface area contributed by atoms with Gasteiger partial charge in [0.25, 0.3) is 0 Å². The molecule has 94 valence electrons. The van der Waals surface area contributed by atoms with E-state index in [1.54, 1.807) is 13.2 Å². The van der Waals surface area contributed by atoms with Gasteiger partial charge in [-0.1, -0.05) is 11.6 Å². The molecule has 0 bridgehead atoms. The van der Waals surface area contributed by atoms with Gasteiger partial charge in [-0.3, -0.25) is 0 Å². The van der Waals surface area contributed by atoms with E-state index in [0.717, 1.165) is 20.6 Å². The molecule has 0 unspecified atom stereocenters. The average molecular weight is 375 g/mol. The third-order valence-corrected chi connectivity index (χ3v) is 3.63. The van der Waals surface area contributed by atoms with Gasteiger partial charge in [-0.2, -0.15) is 0 Å². The minimum Gasteiger partial charge on any atom is -0.495 e. The summed E-state index contributed by atoms with van der Waals surface area (Å²) in [5.74, 6) is 0.645. The van der Waals surface area contributed by atoms with Crippen molar-refractivity contribution in [3.05, 3.63) is 45.0 Å². The fourth-order valence-corrected chi connectivity index (χ4v) is 2.39. The Morgan fingerprint density at radius 2 is 2.00 bits per heavy atom. The van der Waals surface area contributed by atoms with Crippen molar-refractivity contribution >= 4 is 51.3 Å². The van der Waals surface area contributed by atoms with Gasteiger partial charge in [0, 0.05) is 21.0 Å². The van der Waals surface area contributed by atoms with Crippen molar-refractivity contribution in [2.75, 3.05) is 18.2 Å². The van der Waals surface area contributed by atoms with E-state index in [0.29, 0.717) is 10.8 Å². The molecule has 0 aliphatic carbocycles. The lowest BCUT2D eigenvalue weighted by atomic mass is 10.2. The van der Waals surface area contributed by atoms with Gasteiger partial charge >= 0.3 is 0 Å². The molecule has 2 aromatic carbocycles. The molecule has 0 aliphatic rings. The number of benzene rings is 2. The normalized spacial score (nSPS) is 10.2. The number of hydrogen-bond acceptors (Lipinski definition) is 3. The van der Waals surface area contributed by atoms with Crippen molar-refractivity contribution in [3.63, 3.8) is 0 Å². The lowest BCUT2D eigenvalue weighted by Gasteiger charge is -2.11. The largest absolute Gasteiger partial charge is 0.495 e. The molecule has 3 nitrogen and oxygen atoms in total. The Labute approximate surface area is 124 Å². The molecule has 0 radical (unpaired) electrons. The smallest absolute Gasteiger partial charge is 0.139 e. The molecule has 18 heavy (non-hydrogen) atoms. The monoisotopic (exact) mass is 374 g/mol. The van der Waals surface area contributed by atoms with Gasteiger partial charge in [-0.05, 0) is 52.9 Å². The van der Waals surface area contributed by atoms with Crippen molar-refractivity contribution in [2.24, 2.45) is 0 Å². The summed E-state index contributed by atoms with van der Waals surface area (Å²) in [4.78, 5) is 0. The SMILES string of the molecule is COc1cc(Nc2ccc(N)cc2I)ccc1Cl. The van der Waals surface area contributed by atoms with Crippen molar-refractivity contribution < 1.29 is 4.74 Å². The summed E-state index contributed by atoms with van der Waals surface area (Å²) in [6.45, 7) is 0.